The number of phenolic OH excluding ortho intramolecular Hbond substituents is 2. The maximum absolute atomic E-state index is 12.4. The van der Waals surface area contributed by atoms with Crippen molar-refractivity contribution in [3.05, 3.63) is 287 Å². The number of ether oxygens (including phenoxy) is 2. The molecule has 3 aliphatic heterocycles. The second kappa shape index (κ2) is 40.0. The Kier molecular flexibility index (Phi) is 30.0. The number of piperazine rings is 3. The highest BCUT2D eigenvalue weighted by Gasteiger charge is 2.27. The topological polar surface area (TPSA) is 153 Å². The molecule has 0 bridgehead atoms. The van der Waals surface area contributed by atoms with E-state index in [9.17, 15) is 30.0 Å². The summed E-state index contributed by atoms with van der Waals surface area (Å²) >= 11 is 0. The fraction of sp³-hybridized carbons (Fsp3) is 0.354. The Labute approximate surface area is 654 Å². The molecule has 0 radical (unpaired) electrons. The molecule has 0 aromatic heterocycles. The lowest BCUT2D eigenvalue weighted by molar-refractivity contribution is -0.153. The number of aliphatic hydroxyl groups is 2. The van der Waals surface area contributed by atoms with Crippen LogP contribution in [-0.2, 0) is 14.3 Å². The summed E-state index contributed by atoms with van der Waals surface area (Å²) < 4.78 is 11.2. The first kappa shape index (κ1) is 82.4. The number of benzene rings is 9. The van der Waals surface area contributed by atoms with Crippen LogP contribution < -0.4 is 19.4 Å². The van der Waals surface area contributed by atoms with Crippen LogP contribution in [0.1, 0.15) is 144 Å². The average molecular weight is 1480 g/mol. The first-order valence-electron chi connectivity index (χ1n) is 39.4. The quantitative estimate of drug-likeness (QED) is 0.0196. The third-order valence-electron chi connectivity index (χ3n) is 20.8. The molecule has 3 fully saturated rings. The molecular formula is C96H116N6O8. The minimum absolute atomic E-state index is 0.133. The van der Waals surface area contributed by atoms with Gasteiger partial charge in [-0.05, 0) is 264 Å². The second-order valence-corrected chi connectivity index (χ2v) is 31.4. The highest BCUT2D eigenvalue weighted by molar-refractivity contribution is 6.01. The molecule has 0 atom stereocenters. The predicted octanol–water partition coefficient (Wildman–Crippen LogP) is 18.2. The summed E-state index contributed by atoms with van der Waals surface area (Å²) in [6, 6.07) is 81.0. The molecule has 4 N–H and O–H groups in total. The van der Waals surface area contributed by atoms with E-state index >= 15 is 0 Å². The van der Waals surface area contributed by atoms with E-state index in [1.807, 2.05) is 108 Å². The molecule has 110 heavy (non-hydrogen) atoms. The third-order valence-corrected chi connectivity index (χ3v) is 20.8. The lowest BCUT2D eigenvalue weighted by atomic mass is 9.87. The van der Waals surface area contributed by atoms with Crippen molar-refractivity contribution < 1.29 is 39.5 Å². The Bertz CT molecular complexity index is 4410. The second-order valence-electron chi connectivity index (χ2n) is 31.4. The molecule has 0 aliphatic carbocycles. The molecule has 3 heterocycles. The van der Waals surface area contributed by atoms with Crippen LogP contribution in [0.3, 0.4) is 0 Å². The van der Waals surface area contributed by atoms with Crippen LogP contribution in [0.2, 0.25) is 0 Å². The van der Waals surface area contributed by atoms with Gasteiger partial charge in [0.2, 0.25) is 0 Å². The van der Waals surface area contributed by atoms with Crippen molar-refractivity contribution in [3.8, 4) is 17.2 Å². The van der Waals surface area contributed by atoms with Gasteiger partial charge < -0.3 is 54.4 Å². The highest BCUT2D eigenvalue weighted by Crippen LogP contribution is 2.41. The van der Waals surface area contributed by atoms with Gasteiger partial charge >= 0.3 is 11.9 Å². The molecule has 0 spiro atoms. The molecule has 0 saturated carbocycles. The van der Waals surface area contributed by atoms with Crippen molar-refractivity contribution >= 4 is 62.4 Å². The van der Waals surface area contributed by atoms with Crippen LogP contribution in [0.4, 0.5) is 17.1 Å². The molecule has 578 valence electrons. The first-order valence-corrected chi connectivity index (χ1v) is 39.4. The van der Waals surface area contributed by atoms with E-state index in [1.165, 1.54) is 33.8 Å². The summed E-state index contributed by atoms with van der Waals surface area (Å²) in [6.45, 7) is 29.0. The molecule has 0 amide bonds. The van der Waals surface area contributed by atoms with E-state index in [0.717, 1.165) is 165 Å². The summed E-state index contributed by atoms with van der Waals surface area (Å²) in [5.74, 6) is 0.606. The van der Waals surface area contributed by atoms with Gasteiger partial charge in [-0.2, -0.15) is 0 Å². The maximum Gasteiger partial charge on any atom is 0.316 e. The molecule has 3 saturated heterocycles. The average Bonchev–Trinajstić information content (AvgIpc) is 0.805. The zero-order valence-corrected chi connectivity index (χ0v) is 66.5. The Balaban J connectivity index is 0.000000176. The summed E-state index contributed by atoms with van der Waals surface area (Å²) in [5.41, 5.74) is 19.6. The number of rotatable bonds is 24. The Morgan fingerprint density at radius 1 is 0.355 bits per heavy atom. The predicted molar refractivity (Wildman–Crippen MR) is 455 cm³/mol. The summed E-state index contributed by atoms with van der Waals surface area (Å²) in [6.07, 6.45) is 4.36. The number of allylic oxidation sites excluding steroid dienone is 3. The molecule has 3 aliphatic rings. The Morgan fingerprint density at radius 2 is 0.636 bits per heavy atom. The normalized spacial score (nSPS) is 15.3. The van der Waals surface area contributed by atoms with Gasteiger partial charge in [0.25, 0.3) is 0 Å². The van der Waals surface area contributed by atoms with Gasteiger partial charge in [-0.3, -0.25) is 14.5 Å². The van der Waals surface area contributed by atoms with Crippen LogP contribution in [0, 0.1) is 10.8 Å². The van der Waals surface area contributed by atoms with E-state index in [1.54, 1.807) is 24.3 Å². The van der Waals surface area contributed by atoms with Gasteiger partial charge in [0, 0.05) is 115 Å². The Morgan fingerprint density at radius 3 is 0.927 bits per heavy atom. The van der Waals surface area contributed by atoms with Crippen molar-refractivity contribution in [2.45, 2.75) is 100.0 Å². The molecule has 0 unspecified atom stereocenters. The van der Waals surface area contributed by atoms with Crippen LogP contribution in [0.15, 0.2) is 237 Å². The summed E-state index contributed by atoms with van der Waals surface area (Å²) in [4.78, 5) is 39.3. The molecule has 14 nitrogen and oxygen atoms in total. The van der Waals surface area contributed by atoms with E-state index in [0.29, 0.717) is 37.7 Å². The number of carbonyl (C=O) groups is 2. The minimum Gasteiger partial charge on any atom is -0.508 e. The van der Waals surface area contributed by atoms with Gasteiger partial charge in [0.15, 0.2) is 0 Å². The Hall–Kier alpha value is -10.1. The number of esters is 2. The van der Waals surface area contributed by atoms with E-state index in [2.05, 4.69) is 203 Å². The summed E-state index contributed by atoms with van der Waals surface area (Å²) in [7, 11) is 4.34. The van der Waals surface area contributed by atoms with Gasteiger partial charge in [0.1, 0.15) is 17.2 Å². The van der Waals surface area contributed by atoms with Crippen LogP contribution >= 0.6 is 0 Å². The van der Waals surface area contributed by atoms with Gasteiger partial charge in [-0.15, -0.1) is 0 Å². The van der Waals surface area contributed by atoms with Crippen molar-refractivity contribution in [1.29, 1.82) is 0 Å². The number of nitrogens with zero attached hydrogens (tertiary/aromatic N) is 6. The van der Waals surface area contributed by atoms with E-state index in [4.69, 9.17) is 9.47 Å². The monoisotopic (exact) mass is 1480 g/mol. The highest BCUT2D eigenvalue weighted by atomic mass is 16.5. The number of hydrogen-bond acceptors (Lipinski definition) is 14. The number of likely N-dealkylation sites (N-methyl/N-ethyl adjacent to an activating group) is 2. The third kappa shape index (κ3) is 23.3. The zero-order chi connectivity index (χ0) is 78.2. The number of aromatic hydroxyl groups is 2. The largest absolute Gasteiger partial charge is 0.508 e. The fourth-order valence-corrected chi connectivity index (χ4v) is 14.2. The fourth-order valence-electron chi connectivity index (χ4n) is 14.2. The van der Waals surface area contributed by atoms with Crippen molar-refractivity contribution in [2.75, 3.05) is 127 Å². The van der Waals surface area contributed by atoms with E-state index in [-0.39, 0.29) is 36.7 Å². The first-order chi connectivity index (χ1) is 53.0. The molecule has 14 heteroatoms. The number of aliphatic hydroxyl groups excluding tert-OH is 2. The SMILES string of the molecule is CC(C)N1CCN(c2ccc(/C(=C(/CCCO)c3ccccc3)c3ccc(O)cc3)cc2)CC1.CN1CCN(c2ccc(/C(=C(/CCCO)c3ccccc3)c3ccc(OC(=O)C(C)(C)C)cc3)cc2)CC1.CN1CCN(c2ccc(/C(=C(/CCCOC(=O)C(C)(C)C)c3ccccc3)c3ccc(O)cc3)cc2)CC1. The minimum atomic E-state index is -0.569. The van der Waals surface area contributed by atoms with Crippen LogP contribution in [-0.4, -0.2) is 166 Å². The smallest absolute Gasteiger partial charge is 0.316 e. The lowest BCUT2D eigenvalue weighted by Crippen LogP contribution is -2.48. The lowest BCUT2D eigenvalue weighted by Gasteiger charge is -2.38. The van der Waals surface area contributed by atoms with E-state index < -0.39 is 10.8 Å². The number of hydrogen-bond donors (Lipinski definition) is 4. The van der Waals surface area contributed by atoms with Crippen molar-refractivity contribution in [3.63, 3.8) is 0 Å². The zero-order valence-electron chi connectivity index (χ0n) is 66.5. The number of phenols is 2. The number of anilines is 3. The summed E-state index contributed by atoms with van der Waals surface area (Å²) in [5, 5.41) is 39.1. The van der Waals surface area contributed by atoms with Gasteiger partial charge in [0.05, 0.1) is 17.4 Å². The molecule has 9 aromatic rings. The maximum atomic E-state index is 12.4. The molecule has 12 rings (SSSR count). The van der Waals surface area contributed by atoms with Crippen molar-refractivity contribution in [1.82, 2.24) is 14.7 Å². The molecular weight excluding hydrogens is 1370 g/mol. The standard InChI is InChI=1S/2C33H40N2O3.C30H36N2O2/c1-33(2,3)32(37)38-24-8-11-30(25-9-6-5-7-10-25)31(27-14-18-29(36)19-15-27)26-12-16-28(17-13-26)35-22-20-34(4)21-23-35;1-33(2,3)32(37)38-29-18-14-27(15-19-29)31(30(11-8-24-36)25-9-6-5-7-10-25)26-12-16-28(17-13-26)35-22-20-34(4)21-23-35;1-23(2)31-18-20-32(21-19-31)27-14-10-25(11-15-27)30(26-12-16-28(34)17-13-26)29(9-6-22-33)24-7-4-3-5-8-24/h2*5-7,9-10,12-19,36H,8,11,20-24H2,1-4H3;3-5,7-8,10-17,23,33-34H,6,9,18-22H2,1-2H3/b2*31-30+;30-29+. The van der Waals surface area contributed by atoms with Crippen LogP contribution in [0.25, 0.3) is 33.4 Å². The number of carbonyl (C=O) groups excluding carboxylic acids is 2. The molecule has 9 aromatic carbocycles. The van der Waals surface area contributed by atoms with Crippen molar-refractivity contribution in [2.24, 2.45) is 10.8 Å². The van der Waals surface area contributed by atoms with Gasteiger partial charge in [-0.25, -0.2) is 0 Å². The van der Waals surface area contributed by atoms with Crippen LogP contribution in [0.5, 0.6) is 17.2 Å². The van der Waals surface area contributed by atoms with Gasteiger partial charge in [-0.1, -0.05) is 164 Å².